The summed E-state index contributed by atoms with van der Waals surface area (Å²) < 4.78 is 0. The Labute approximate surface area is 121 Å². The third-order valence-electron chi connectivity index (χ3n) is 4.47. The fourth-order valence-electron chi connectivity index (χ4n) is 3.38. The Hall–Kier alpha value is -2.01. The fourth-order valence-corrected chi connectivity index (χ4v) is 3.38. The van der Waals surface area contributed by atoms with E-state index in [0.29, 0.717) is 11.8 Å². The molecule has 98 valence electrons. The van der Waals surface area contributed by atoms with Gasteiger partial charge in [-0.3, -0.25) is 0 Å². The van der Waals surface area contributed by atoms with Crippen LogP contribution in [-0.4, -0.2) is 7.28 Å². The molecule has 0 heterocycles. The molecule has 0 fully saturated rings. The predicted molar refractivity (Wildman–Crippen MR) is 85.0 cm³/mol. The summed E-state index contributed by atoms with van der Waals surface area (Å²) in [6.45, 7) is 4.49. The maximum atomic E-state index is 9.11. The van der Waals surface area contributed by atoms with Crippen molar-refractivity contribution in [2.24, 2.45) is 5.92 Å². The van der Waals surface area contributed by atoms with Crippen LogP contribution < -0.4 is 5.46 Å². The molecular formula is C18H18BN. The van der Waals surface area contributed by atoms with Gasteiger partial charge in [-0.15, -0.1) is 0 Å². The minimum absolute atomic E-state index is 0.434. The second-order valence-electron chi connectivity index (χ2n) is 5.78. The van der Waals surface area contributed by atoms with Crippen molar-refractivity contribution < 1.29 is 0 Å². The highest BCUT2D eigenvalue weighted by atomic mass is 14.3. The second kappa shape index (κ2) is 5.17. The van der Waals surface area contributed by atoms with E-state index in [0.717, 1.165) is 19.3 Å². The Morgan fingerprint density at radius 1 is 1.15 bits per heavy atom. The van der Waals surface area contributed by atoms with E-state index in [1.54, 1.807) is 0 Å². The molecule has 1 nitrogen and oxygen atoms in total. The number of hydrogen-bond acceptors (Lipinski definition) is 1. The van der Waals surface area contributed by atoms with Crippen molar-refractivity contribution in [1.82, 2.24) is 0 Å². The Bertz CT molecular complexity index is 667. The first-order valence-corrected chi connectivity index (χ1v) is 7.34. The lowest BCUT2D eigenvalue weighted by Gasteiger charge is -2.18. The molecule has 0 saturated heterocycles. The SMILES string of the molecule is CBc1ccc([C@H]2c3cc(C#N)ccc3C[C@@H]2C)cc1. The molecule has 0 saturated carbocycles. The van der Waals surface area contributed by atoms with E-state index in [2.05, 4.69) is 56.2 Å². The van der Waals surface area contributed by atoms with Crippen LogP contribution >= 0.6 is 0 Å². The standard InChI is InChI=1S/C18H18BN/c1-12-9-15-4-3-13(11-20)10-17(15)18(12)14-5-7-16(19-2)8-6-14/h3-8,10,12,18-19H,9H2,1-2H3/t12-,18-/m0/s1. The highest BCUT2D eigenvalue weighted by Gasteiger charge is 2.30. The zero-order chi connectivity index (χ0) is 14.1. The molecule has 3 rings (SSSR count). The topological polar surface area (TPSA) is 23.8 Å². The van der Waals surface area contributed by atoms with Gasteiger partial charge in [-0.25, -0.2) is 0 Å². The Morgan fingerprint density at radius 2 is 1.90 bits per heavy atom. The van der Waals surface area contributed by atoms with Gasteiger partial charge in [0.2, 0.25) is 0 Å². The van der Waals surface area contributed by atoms with E-state index in [-0.39, 0.29) is 0 Å². The van der Waals surface area contributed by atoms with Crippen LogP contribution in [0.2, 0.25) is 6.82 Å². The summed E-state index contributed by atoms with van der Waals surface area (Å²) in [7, 11) is 1.08. The van der Waals surface area contributed by atoms with Crippen LogP contribution in [0.25, 0.3) is 0 Å². The maximum Gasteiger partial charge on any atom is 0.154 e. The highest BCUT2D eigenvalue weighted by Crippen LogP contribution is 2.42. The zero-order valence-electron chi connectivity index (χ0n) is 12.1. The second-order valence-corrected chi connectivity index (χ2v) is 5.78. The lowest BCUT2D eigenvalue weighted by atomic mass is 9.72. The average Bonchev–Trinajstić information content (AvgIpc) is 2.82. The molecule has 0 bridgehead atoms. The summed E-state index contributed by atoms with van der Waals surface area (Å²) in [5.74, 6) is 1.04. The summed E-state index contributed by atoms with van der Waals surface area (Å²) >= 11 is 0. The molecule has 1 aliphatic rings. The lowest BCUT2D eigenvalue weighted by Crippen LogP contribution is -2.12. The van der Waals surface area contributed by atoms with Crippen molar-refractivity contribution in [2.45, 2.75) is 26.1 Å². The van der Waals surface area contributed by atoms with Crippen LogP contribution in [0.1, 0.15) is 35.1 Å². The summed E-state index contributed by atoms with van der Waals surface area (Å²) in [5, 5.41) is 9.11. The van der Waals surface area contributed by atoms with Gasteiger partial charge < -0.3 is 0 Å². The monoisotopic (exact) mass is 259 g/mol. The first-order chi connectivity index (χ1) is 9.72. The molecule has 0 spiro atoms. The number of hydrogen-bond donors (Lipinski definition) is 0. The van der Waals surface area contributed by atoms with Gasteiger partial charge in [0.15, 0.2) is 7.28 Å². The molecule has 0 unspecified atom stereocenters. The predicted octanol–water partition coefficient (Wildman–Crippen LogP) is 2.99. The third-order valence-corrected chi connectivity index (χ3v) is 4.47. The molecule has 2 aromatic rings. The molecule has 2 heteroatoms. The maximum absolute atomic E-state index is 9.11. The summed E-state index contributed by atoms with van der Waals surface area (Å²) in [5.41, 5.74) is 6.28. The molecule has 20 heavy (non-hydrogen) atoms. The van der Waals surface area contributed by atoms with E-state index >= 15 is 0 Å². The van der Waals surface area contributed by atoms with Crippen molar-refractivity contribution in [1.29, 1.82) is 5.26 Å². The van der Waals surface area contributed by atoms with Crippen molar-refractivity contribution in [3.8, 4) is 6.07 Å². The minimum Gasteiger partial charge on any atom is -0.192 e. The first kappa shape index (κ1) is 13.0. The van der Waals surface area contributed by atoms with Crippen LogP contribution in [0.4, 0.5) is 0 Å². The molecule has 0 amide bonds. The largest absolute Gasteiger partial charge is 0.192 e. The smallest absolute Gasteiger partial charge is 0.154 e. The molecule has 0 aliphatic heterocycles. The van der Waals surface area contributed by atoms with Crippen molar-refractivity contribution in [3.63, 3.8) is 0 Å². The normalized spacial score (nSPS) is 20.2. The van der Waals surface area contributed by atoms with Crippen molar-refractivity contribution >= 4 is 12.7 Å². The van der Waals surface area contributed by atoms with Gasteiger partial charge >= 0.3 is 0 Å². The average molecular weight is 259 g/mol. The van der Waals surface area contributed by atoms with E-state index in [1.807, 2.05) is 6.07 Å². The molecule has 0 N–H and O–H groups in total. The zero-order valence-corrected chi connectivity index (χ0v) is 12.1. The molecular weight excluding hydrogens is 241 g/mol. The highest BCUT2D eigenvalue weighted by molar-refractivity contribution is 6.51. The number of benzene rings is 2. The van der Waals surface area contributed by atoms with Gasteiger partial charge in [0.25, 0.3) is 0 Å². The Morgan fingerprint density at radius 3 is 2.55 bits per heavy atom. The van der Waals surface area contributed by atoms with Crippen LogP contribution in [0, 0.1) is 17.2 Å². The summed E-state index contributed by atoms with van der Waals surface area (Å²) in [6.07, 6.45) is 1.11. The van der Waals surface area contributed by atoms with Crippen LogP contribution in [0.5, 0.6) is 0 Å². The van der Waals surface area contributed by atoms with Gasteiger partial charge in [-0.2, -0.15) is 5.26 Å². The van der Waals surface area contributed by atoms with Gasteiger partial charge in [0.1, 0.15) is 0 Å². The van der Waals surface area contributed by atoms with E-state index in [1.165, 1.54) is 22.2 Å². The van der Waals surface area contributed by atoms with E-state index in [4.69, 9.17) is 5.26 Å². The van der Waals surface area contributed by atoms with E-state index < -0.39 is 0 Å². The lowest BCUT2D eigenvalue weighted by molar-refractivity contribution is 0.557. The van der Waals surface area contributed by atoms with Gasteiger partial charge in [-0.05, 0) is 41.2 Å². The van der Waals surface area contributed by atoms with Gasteiger partial charge in [0.05, 0.1) is 11.6 Å². The third kappa shape index (κ3) is 2.14. The quantitative estimate of drug-likeness (QED) is 0.760. The number of fused-ring (bicyclic) bond motifs is 1. The van der Waals surface area contributed by atoms with Gasteiger partial charge in [-0.1, -0.05) is 49.5 Å². The number of nitrogens with zero attached hydrogens (tertiary/aromatic N) is 1. The summed E-state index contributed by atoms with van der Waals surface area (Å²) in [4.78, 5) is 0. The Balaban J connectivity index is 2.04. The molecule has 0 aromatic heterocycles. The van der Waals surface area contributed by atoms with Crippen LogP contribution in [0.3, 0.4) is 0 Å². The van der Waals surface area contributed by atoms with Crippen molar-refractivity contribution in [2.75, 3.05) is 0 Å². The van der Waals surface area contributed by atoms with Crippen molar-refractivity contribution in [3.05, 3.63) is 64.7 Å². The number of nitriles is 1. The molecule has 2 atom stereocenters. The van der Waals surface area contributed by atoms with E-state index in [9.17, 15) is 0 Å². The molecule has 2 aromatic carbocycles. The number of rotatable bonds is 2. The van der Waals surface area contributed by atoms with Crippen LogP contribution in [0.15, 0.2) is 42.5 Å². The molecule has 0 radical (unpaired) electrons. The molecule has 1 aliphatic carbocycles. The Kier molecular flexibility index (Phi) is 3.36. The van der Waals surface area contributed by atoms with Gasteiger partial charge in [0, 0.05) is 5.92 Å². The summed E-state index contributed by atoms with van der Waals surface area (Å²) in [6, 6.07) is 17.4. The first-order valence-electron chi connectivity index (χ1n) is 7.34. The fraction of sp³-hybridized carbons (Fsp3) is 0.278. The van der Waals surface area contributed by atoms with Crippen LogP contribution in [-0.2, 0) is 6.42 Å². The minimum atomic E-state index is 0.434.